The lowest BCUT2D eigenvalue weighted by Crippen LogP contribution is -1.99. The highest BCUT2D eigenvalue weighted by Crippen LogP contribution is 2.31. The molecule has 0 radical (unpaired) electrons. The molecule has 5 heteroatoms. The summed E-state index contributed by atoms with van der Waals surface area (Å²) < 4.78 is 5.66. The first-order valence-electron chi connectivity index (χ1n) is 8.17. The smallest absolute Gasteiger partial charge is 0.347 e. The molecule has 0 saturated heterocycles. The van der Waals surface area contributed by atoms with E-state index in [1.165, 1.54) is 11.3 Å². The predicted molar refractivity (Wildman–Crippen MR) is 99.5 cm³/mol. The van der Waals surface area contributed by atoms with Gasteiger partial charge in [0.15, 0.2) is 0 Å². The highest BCUT2D eigenvalue weighted by molar-refractivity contribution is 7.17. The molecule has 4 nitrogen and oxygen atoms in total. The number of nitrogens with zero attached hydrogens (tertiary/aromatic N) is 1. The van der Waals surface area contributed by atoms with Crippen LogP contribution in [0.3, 0.4) is 0 Å². The van der Waals surface area contributed by atoms with Crippen LogP contribution in [0.2, 0.25) is 0 Å². The average molecular weight is 353 g/mol. The summed E-state index contributed by atoms with van der Waals surface area (Å²) in [6, 6.07) is 17.4. The zero-order valence-corrected chi connectivity index (χ0v) is 14.8. The van der Waals surface area contributed by atoms with E-state index in [1.54, 1.807) is 0 Å². The van der Waals surface area contributed by atoms with Gasteiger partial charge in [-0.05, 0) is 24.1 Å². The van der Waals surface area contributed by atoms with E-state index in [4.69, 9.17) is 4.74 Å². The topological polar surface area (TPSA) is 59.4 Å². The Hall–Kier alpha value is -2.66. The largest absolute Gasteiger partial charge is 0.494 e. The molecule has 1 heterocycles. The lowest BCUT2D eigenvalue weighted by molar-refractivity contribution is 0.0701. The molecule has 0 aliphatic carbocycles. The van der Waals surface area contributed by atoms with Gasteiger partial charge in [-0.3, -0.25) is 0 Å². The number of hydrogen-bond donors (Lipinski definition) is 1. The molecule has 2 aromatic carbocycles. The number of carboxylic acids is 1. The average Bonchev–Trinajstić information content (AvgIpc) is 3.05. The summed E-state index contributed by atoms with van der Waals surface area (Å²) in [4.78, 5) is 16.5. The highest BCUT2D eigenvalue weighted by atomic mass is 32.1. The van der Waals surface area contributed by atoms with Crippen LogP contribution in [0.25, 0.3) is 10.6 Å². The maximum absolute atomic E-state index is 11.6. The Balaban J connectivity index is 1.92. The first-order chi connectivity index (χ1) is 12.2. The lowest BCUT2D eigenvalue weighted by atomic mass is 10.1. The Labute approximate surface area is 150 Å². The fraction of sp³-hybridized carbons (Fsp3) is 0.200. The van der Waals surface area contributed by atoms with Gasteiger partial charge in [0.05, 0.1) is 12.3 Å². The number of aromatic carboxylic acids is 1. The van der Waals surface area contributed by atoms with Crippen molar-refractivity contribution in [2.45, 2.75) is 19.8 Å². The van der Waals surface area contributed by atoms with Crippen LogP contribution in [-0.2, 0) is 6.42 Å². The van der Waals surface area contributed by atoms with Crippen LogP contribution in [0.1, 0.15) is 34.3 Å². The molecule has 0 aliphatic rings. The molecule has 0 bridgehead atoms. The van der Waals surface area contributed by atoms with Crippen molar-refractivity contribution in [3.63, 3.8) is 0 Å². The fourth-order valence-corrected chi connectivity index (χ4v) is 3.41. The van der Waals surface area contributed by atoms with Gasteiger partial charge in [0, 0.05) is 12.0 Å². The number of aromatic nitrogens is 1. The van der Waals surface area contributed by atoms with Crippen molar-refractivity contribution in [3.8, 4) is 16.3 Å². The maximum atomic E-state index is 11.6. The maximum Gasteiger partial charge on any atom is 0.347 e. The molecular weight excluding hydrogens is 334 g/mol. The zero-order chi connectivity index (χ0) is 17.6. The van der Waals surface area contributed by atoms with Crippen LogP contribution >= 0.6 is 11.3 Å². The summed E-state index contributed by atoms with van der Waals surface area (Å²) in [6.45, 7) is 2.71. The van der Waals surface area contributed by atoms with Gasteiger partial charge in [0.25, 0.3) is 0 Å². The second kappa shape index (κ2) is 7.94. The van der Waals surface area contributed by atoms with E-state index >= 15 is 0 Å². The third kappa shape index (κ3) is 4.25. The quantitative estimate of drug-likeness (QED) is 0.657. The van der Waals surface area contributed by atoms with Crippen LogP contribution in [0, 0.1) is 0 Å². The van der Waals surface area contributed by atoms with Crippen LogP contribution in [0.15, 0.2) is 54.6 Å². The van der Waals surface area contributed by atoms with E-state index in [0.717, 1.165) is 23.3 Å². The fourth-order valence-electron chi connectivity index (χ4n) is 2.49. The lowest BCUT2D eigenvalue weighted by Gasteiger charge is -2.05. The van der Waals surface area contributed by atoms with E-state index in [2.05, 4.69) is 11.9 Å². The van der Waals surface area contributed by atoms with Crippen LogP contribution in [-0.4, -0.2) is 22.7 Å². The van der Waals surface area contributed by atoms with Gasteiger partial charge in [-0.25, -0.2) is 9.78 Å². The van der Waals surface area contributed by atoms with Crippen molar-refractivity contribution < 1.29 is 14.6 Å². The molecule has 0 amide bonds. The molecule has 3 aromatic rings. The second-order valence-corrected chi connectivity index (χ2v) is 6.64. The van der Waals surface area contributed by atoms with E-state index < -0.39 is 5.97 Å². The van der Waals surface area contributed by atoms with Crippen LogP contribution < -0.4 is 4.74 Å². The summed E-state index contributed by atoms with van der Waals surface area (Å²) >= 11 is 1.21. The Morgan fingerprint density at radius 3 is 2.68 bits per heavy atom. The van der Waals surface area contributed by atoms with E-state index in [1.807, 2.05) is 54.6 Å². The highest BCUT2D eigenvalue weighted by Gasteiger charge is 2.18. The zero-order valence-electron chi connectivity index (χ0n) is 13.9. The molecule has 1 N–H and O–H groups in total. The van der Waals surface area contributed by atoms with Gasteiger partial charge in [-0.2, -0.15) is 0 Å². The Morgan fingerprint density at radius 1 is 1.16 bits per heavy atom. The monoisotopic (exact) mass is 353 g/mol. The molecule has 0 unspecified atom stereocenters. The van der Waals surface area contributed by atoms with E-state index in [0.29, 0.717) is 28.6 Å². The molecule has 0 atom stereocenters. The van der Waals surface area contributed by atoms with Gasteiger partial charge in [-0.15, -0.1) is 11.3 Å². The molecule has 0 spiro atoms. The molecule has 0 aliphatic heterocycles. The molecule has 128 valence electrons. The Bertz CT molecular complexity index is 858. The SMILES string of the molecule is CCCOc1cccc(-c2nc(Cc3ccccc3)c(C(=O)O)s2)c1. The summed E-state index contributed by atoms with van der Waals surface area (Å²) in [6.07, 6.45) is 1.44. The number of benzene rings is 2. The van der Waals surface area contributed by atoms with Crippen molar-refractivity contribution >= 4 is 17.3 Å². The summed E-state index contributed by atoms with van der Waals surface area (Å²) in [5, 5.41) is 10.2. The first kappa shape index (κ1) is 17.2. The number of carbonyl (C=O) groups is 1. The molecule has 1 aromatic heterocycles. The second-order valence-electron chi connectivity index (χ2n) is 5.64. The van der Waals surface area contributed by atoms with Crippen molar-refractivity contribution in [1.82, 2.24) is 4.98 Å². The number of ether oxygens (including phenoxy) is 1. The number of rotatable bonds is 7. The van der Waals surface area contributed by atoms with Gasteiger partial charge in [0.1, 0.15) is 15.6 Å². The molecule has 0 fully saturated rings. The van der Waals surface area contributed by atoms with Crippen molar-refractivity contribution in [2.75, 3.05) is 6.61 Å². The van der Waals surface area contributed by atoms with Gasteiger partial charge in [-0.1, -0.05) is 49.4 Å². The molecule has 3 rings (SSSR count). The Morgan fingerprint density at radius 2 is 1.96 bits per heavy atom. The number of thiazole rings is 1. The van der Waals surface area contributed by atoms with Crippen molar-refractivity contribution in [2.24, 2.45) is 0 Å². The van der Waals surface area contributed by atoms with Gasteiger partial charge >= 0.3 is 5.97 Å². The molecular formula is C20H19NO3S. The minimum Gasteiger partial charge on any atom is -0.494 e. The minimum atomic E-state index is -0.937. The first-order valence-corrected chi connectivity index (χ1v) is 8.99. The van der Waals surface area contributed by atoms with Crippen molar-refractivity contribution in [3.05, 3.63) is 70.7 Å². The van der Waals surface area contributed by atoms with Crippen molar-refractivity contribution in [1.29, 1.82) is 0 Å². The third-order valence-electron chi connectivity index (χ3n) is 3.66. The third-order valence-corrected chi connectivity index (χ3v) is 4.79. The normalized spacial score (nSPS) is 10.6. The standard InChI is InChI=1S/C20H19NO3S/c1-2-11-24-16-10-6-9-15(13-16)19-21-17(18(25-19)20(22)23)12-14-7-4-3-5-8-14/h3-10,13H,2,11-12H2,1H3,(H,22,23). The summed E-state index contributed by atoms with van der Waals surface area (Å²) in [5.74, 6) is -0.163. The number of hydrogen-bond acceptors (Lipinski definition) is 4. The molecule has 25 heavy (non-hydrogen) atoms. The van der Waals surface area contributed by atoms with Crippen LogP contribution in [0.4, 0.5) is 0 Å². The van der Waals surface area contributed by atoms with E-state index in [-0.39, 0.29) is 0 Å². The summed E-state index contributed by atoms with van der Waals surface area (Å²) in [7, 11) is 0. The summed E-state index contributed by atoms with van der Waals surface area (Å²) in [5.41, 5.74) is 2.51. The Kier molecular flexibility index (Phi) is 5.46. The molecule has 0 saturated carbocycles. The van der Waals surface area contributed by atoms with Crippen LogP contribution in [0.5, 0.6) is 5.75 Å². The predicted octanol–water partition coefficient (Wildman–Crippen LogP) is 4.89. The number of carboxylic acid groups (broad SMARTS) is 1. The van der Waals surface area contributed by atoms with Gasteiger partial charge < -0.3 is 9.84 Å². The minimum absolute atomic E-state index is 0.290. The van der Waals surface area contributed by atoms with E-state index in [9.17, 15) is 9.90 Å². The van der Waals surface area contributed by atoms with Gasteiger partial charge in [0.2, 0.25) is 0 Å².